The molecule has 0 spiro atoms. The van der Waals surface area contributed by atoms with E-state index in [9.17, 15) is 4.39 Å². The third-order valence-electron chi connectivity index (χ3n) is 3.26. The highest BCUT2D eigenvalue weighted by Crippen LogP contribution is 2.26. The van der Waals surface area contributed by atoms with Crippen LogP contribution in [0.25, 0.3) is 0 Å². The molecular formula is C15H16ClFN2. The molecule has 0 aliphatic rings. The van der Waals surface area contributed by atoms with Crippen molar-refractivity contribution in [3.63, 3.8) is 0 Å². The smallest absolute Gasteiger partial charge is 0.127 e. The number of likely N-dealkylation sites (N-methyl/N-ethyl adjacent to an activating group) is 1. The molecule has 0 fully saturated rings. The standard InChI is InChI=1S/C15H16ClFN2/c1-10-9-19-7-6-11(10)15(18-2)8-12-13(16)4-3-5-14(12)17/h3-7,9,15,18H,8H2,1-2H3. The van der Waals surface area contributed by atoms with Crippen LogP contribution in [0.5, 0.6) is 0 Å². The second-order valence-corrected chi connectivity index (χ2v) is 4.89. The Hall–Kier alpha value is -1.45. The Kier molecular flexibility index (Phi) is 4.51. The molecule has 0 saturated heterocycles. The number of nitrogens with one attached hydrogen (secondary N) is 1. The molecule has 19 heavy (non-hydrogen) atoms. The van der Waals surface area contributed by atoms with E-state index in [-0.39, 0.29) is 11.9 Å². The topological polar surface area (TPSA) is 24.9 Å². The van der Waals surface area contributed by atoms with Gasteiger partial charge < -0.3 is 5.32 Å². The van der Waals surface area contributed by atoms with Gasteiger partial charge in [-0.1, -0.05) is 17.7 Å². The zero-order valence-electron chi connectivity index (χ0n) is 11.0. The monoisotopic (exact) mass is 278 g/mol. The van der Waals surface area contributed by atoms with E-state index in [1.54, 1.807) is 18.3 Å². The Morgan fingerprint density at radius 1 is 1.37 bits per heavy atom. The summed E-state index contributed by atoms with van der Waals surface area (Å²) >= 11 is 6.08. The minimum atomic E-state index is -0.264. The molecule has 1 N–H and O–H groups in total. The van der Waals surface area contributed by atoms with Gasteiger partial charge in [-0.05, 0) is 49.7 Å². The summed E-state index contributed by atoms with van der Waals surface area (Å²) < 4.78 is 13.8. The summed E-state index contributed by atoms with van der Waals surface area (Å²) in [6, 6.07) is 6.73. The van der Waals surface area contributed by atoms with Crippen molar-refractivity contribution < 1.29 is 4.39 Å². The maximum atomic E-state index is 13.8. The highest BCUT2D eigenvalue weighted by atomic mass is 35.5. The van der Waals surface area contributed by atoms with E-state index in [1.807, 2.05) is 26.2 Å². The van der Waals surface area contributed by atoms with Crippen LogP contribution in [0.4, 0.5) is 4.39 Å². The van der Waals surface area contributed by atoms with Gasteiger partial charge in [0.25, 0.3) is 0 Å². The molecule has 1 aromatic carbocycles. The van der Waals surface area contributed by atoms with Crippen LogP contribution in [0.1, 0.15) is 22.7 Å². The van der Waals surface area contributed by atoms with E-state index in [0.29, 0.717) is 17.0 Å². The van der Waals surface area contributed by atoms with Gasteiger partial charge >= 0.3 is 0 Å². The maximum Gasteiger partial charge on any atom is 0.127 e. The highest BCUT2D eigenvalue weighted by Gasteiger charge is 2.16. The van der Waals surface area contributed by atoms with Crippen molar-refractivity contribution in [1.82, 2.24) is 10.3 Å². The van der Waals surface area contributed by atoms with Gasteiger partial charge in [-0.3, -0.25) is 4.98 Å². The number of pyridine rings is 1. The maximum absolute atomic E-state index is 13.8. The summed E-state index contributed by atoms with van der Waals surface area (Å²) in [5.74, 6) is -0.264. The van der Waals surface area contributed by atoms with Crippen molar-refractivity contribution in [2.24, 2.45) is 0 Å². The molecule has 1 unspecified atom stereocenters. The van der Waals surface area contributed by atoms with Crippen LogP contribution in [0, 0.1) is 12.7 Å². The first-order valence-electron chi connectivity index (χ1n) is 6.14. The van der Waals surface area contributed by atoms with Crippen molar-refractivity contribution in [2.45, 2.75) is 19.4 Å². The molecule has 100 valence electrons. The van der Waals surface area contributed by atoms with Gasteiger partial charge in [0.2, 0.25) is 0 Å². The Bertz CT molecular complexity index is 552. The van der Waals surface area contributed by atoms with Crippen molar-refractivity contribution >= 4 is 11.6 Å². The van der Waals surface area contributed by atoms with E-state index in [2.05, 4.69) is 10.3 Å². The fourth-order valence-electron chi connectivity index (χ4n) is 2.17. The highest BCUT2D eigenvalue weighted by molar-refractivity contribution is 6.31. The normalized spacial score (nSPS) is 12.4. The molecule has 1 heterocycles. The van der Waals surface area contributed by atoms with Gasteiger partial charge in [0, 0.05) is 29.0 Å². The number of halogens is 2. The van der Waals surface area contributed by atoms with Gasteiger partial charge in [-0.15, -0.1) is 0 Å². The zero-order valence-corrected chi connectivity index (χ0v) is 11.7. The first-order valence-corrected chi connectivity index (χ1v) is 6.52. The molecule has 4 heteroatoms. The van der Waals surface area contributed by atoms with Gasteiger partial charge in [-0.2, -0.15) is 0 Å². The first-order chi connectivity index (χ1) is 9.13. The van der Waals surface area contributed by atoms with E-state index < -0.39 is 0 Å². The molecule has 1 aromatic heterocycles. The molecule has 2 aromatic rings. The number of aromatic nitrogens is 1. The second kappa shape index (κ2) is 6.13. The van der Waals surface area contributed by atoms with E-state index >= 15 is 0 Å². The average molecular weight is 279 g/mol. The van der Waals surface area contributed by atoms with Gasteiger partial charge in [0.1, 0.15) is 5.82 Å². The summed E-state index contributed by atoms with van der Waals surface area (Å²) in [5.41, 5.74) is 2.73. The van der Waals surface area contributed by atoms with Gasteiger partial charge in [0.15, 0.2) is 0 Å². The number of hydrogen-bond acceptors (Lipinski definition) is 2. The Morgan fingerprint density at radius 3 is 2.79 bits per heavy atom. The molecule has 0 amide bonds. The molecule has 2 rings (SSSR count). The van der Waals surface area contributed by atoms with Crippen LogP contribution in [0.2, 0.25) is 5.02 Å². The Morgan fingerprint density at radius 2 is 2.16 bits per heavy atom. The summed E-state index contributed by atoms with van der Waals surface area (Å²) in [7, 11) is 1.86. The van der Waals surface area contributed by atoms with Gasteiger partial charge in [0.05, 0.1) is 0 Å². The molecular weight excluding hydrogens is 263 g/mol. The lowest BCUT2D eigenvalue weighted by Gasteiger charge is -2.19. The van der Waals surface area contributed by atoms with Crippen LogP contribution in [-0.4, -0.2) is 12.0 Å². The Balaban J connectivity index is 2.32. The first kappa shape index (κ1) is 14.0. The summed E-state index contributed by atoms with van der Waals surface area (Å²) in [5, 5.41) is 3.67. The molecule has 0 aliphatic heterocycles. The van der Waals surface area contributed by atoms with Crippen LogP contribution in [0.3, 0.4) is 0 Å². The van der Waals surface area contributed by atoms with Crippen molar-refractivity contribution in [3.8, 4) is 0 Å². The number of rotatable bonds is 4. The van der Waals surface area contributed by atoms with E-state index in [0.717, 1.165) is 11.1 Å². The summed E-state index contributed by atoms with van der Waals surface area (Å²) in [6.07, 6.45) is 4.06. The van der Waals surface area contributed by atoms with Crippen LogP contribution in [0.15, 0.2) is 36.7 Å². The fraction of sp³-hybridized carbons (Fsp3) is 0.267. The Labute approximate surface area is 117 Å². The lowest BCUT2D eigenvalue weighted by molar-refractivity contribution is 0.552. The molecule has 0 bridgehead atoms. The SMILES string of the molecule is CNC(Cc1c(F)cccc1Cl)c1ccncc1C. The predicted octanol–water partition coefficient (Wildman–Crippen LogP) is 3.69. The van der Waals surface area contributed by atoms with Gasteiger partial charge in [-0.25, -0.2) is 4.39 Å². The van der Waals surface area contributed by atoms with E-state index in [4.69, 9.17) is 11.6 Å². The predicted molar refractivity (Wildman–Crippen MR) is 75.9 cm³/mol. The lowest BCUT2D eigenvalue weighted by atomic mass is 9.96. The van der Waals surface area contributed by atoms with Crippen LogP contribution < -0.4 is 5.32 Å². The number of benzene rings is 1. The largest absolute Gasteiger partial charge is 0.313 e. The second-order valence-electron chi connectivity index (χ2n) is 4.48. The minimum absolute atomic E-state index is 0.0115. The third-order valence-corrected chi connectivity index (χ3v) is 3.61. The number of aryl methyl sites for hydroxylation is 1. The summed E-state index contributed by atoms with van der Waals surface area (Å²) in [6.45, 7) is 2.00. The van der Waals surface area contributed by atoms with Crippen LogP contribution in [-0.2, 0) is 6.42 Å². The van der Waals surface area contributed by atoms with Crippen molar-refractivity contribution in [3.05, 3.63) is 64.2 Å². The van der Waals surface area contributed by atoms with Crippen LogP contribution >= 0.6 is 11.6 Å². The zero-order chi connectivity index (χ0) is 13.8. The van der Waals surface area contributed by atoms with Crippen molar-refractivity contribution in [1.29, 1.82) is 0 Å². The quantitative estimate of drug-likeness (QED) is 0.923. The fourth-order valence-corrected chi connectivity index (χ4v) is 2.41. The average Bonchev–Trinajstić information content (AvgIpc) is 2.40. The van der Waals surface area contributed by atoms with Crippen molar-refractivity contribution in [2.75, 3.05) is 7.05 Å². The molecule has 1 atom stereocenters. The third kappa shape index (κ3) is 3.11. The number of nitrogens with zero attached hydrogens (tertiary/aromatic N) is 1. The molecule has 0 saturated carbocycles. The molecule has 0 aliphatic carbocycles. The minimum Gasteiger partial charge on any atom is -0.313 e. The van der Waals surface area contributed by atoms with E-state index in [1.165, 1.54) is 6.07 Å². The lowest BCUT2D eigenvalue weighted by Crippen LogP contribution is -2.20. The summed E-state index contributed by atoms with van der Waals surface area (Å²) in [4.78, 5) is 4.08. The molecule has 2 nitrogen and oxygen atoms in total. The molecule has 0 radical (unpaired) electrons. The number of hydrogen-bond donors (Lipinski definition) is 1.